The van der Waals surface area contributed by atoms with Gasteiger partial charge in [-0.05, 0) is 73.6 Å². The lowest BCUT2D eigenvalue weighted by atomic mass is 10.1. The number of hydrogen-bond donors (Lipinski definition) is 3. The van der Waals surface area contributed by atoms with Gasteiger partial charge in [-0.1, -0.05) is 36.4 Å². The van der Waals surface area contributed by atoms with Gasteiger partial charge in [0.05, 0.1) is 6.04 Å². The van der Waals surface area contributed by atoms with E-state index < -0.39 is 0 Å². The van der Waals surface area contributed by atoms with E-state index in [0.717, 1.165) is 5.56 Å². The van der Waals surface area contributed by atoms with Gasteiger partial charge in [0.2, 0.25) is 0 Å². The Balaban J connectivity index is 1.62. The fraction of sp³-hybridized carbons (Fsp3) is 0.130. The lowest BCUT2D eigenvalue weighted by molar-refractivity contribution is 0.102. The van der Waals surface area contributed by atoms with E-state index in [1.54, 1.807) is 31.2 Å². The highest BCUT2D eigenvalue weighted by Gasteiger charge is 2.10. The summed E-state index contributed by atoms with van der Waals surface area (Å²) in [5, 5.41) is 9.46. The Hall–Kier alpha value is -3.25. The van der Waals surface area contributed by atoms with E-state index in [9.17, 15) is 9.18 Å². The summed E-state index contributed by atoms with van der Waals surface area (Å²) < 4.78 is 13.7. The predicted octanol–water partition coefficient (Wildman–Crippen LogP) is 5.43. The number of benzene rings is 3. The molecule has 0 aliphatic heterocycles. The maximum absolute atomic E-state index is 13.7. The highest BCUT2D eigenvalue weighted by molar-refractivity contribution is 7.80. The summed E-state index contributed by atoms with van der Waals surface area (Å²) in [5.41, 5.74) is 3.42. The van der Waals surface area contributed by atoms with E-state index in [2.05, 4.69) is 16.0 Å². The Morgan fingerprint density at radius 3 is 2.38 bits per heavy atom. The smallest absolute Gasteiger partial charge is 0.255 e. The van der Waals surface area contributed by atoms with Crippen LogP contribution in [0.3, 0.4) is 0 Å². The zero-order valence-electron chi connectivity index (χ0n) is 16.2. The summed E-state index contributed by atoms with van der Waals surface area (Å²) in [6.07, 6.45) is 0. The Labute approximate surface area is 175 Å². The molecule has 0 aliphatic carbocycles. The van der Waals surface area contributed by atoms with Crippen LogP contribution in [0.15, 0.2) is 72.8 Å². The molecular formula is C23H22FN3OS. The molecule has 1 unspecified atom stereocenters. The number of thiocarbonyl (C=S) groups is 1. The minimum Gasteiger partial charge on any atom is -0.356 e. The van der Waals surface area contributed by atoms with Crippen LogP contribution in [0.4, 0.5) is 15.8 Å². The molecule has 3 aromatic carbocycles. The molecule has 0 radical (unpaired) electrons. The minimum atomic E-state index is -0.285. The van der Waals surface area contributed by atoms with Crippen LogP contribution in [0, 0.1) is 12.7 Å². The van der Waals surface area contributed by atoms with Crippen LogP contribution in [0.5, 0.6) is 0 Å². The molecule has 1 amide bonds. The van der Waals surface area contributed by atoms with Gasteiger partial charge < -0.3 is 16.0 Å². The topological polar surface area (TPSA) is 53.2 Å². The number of hydrogen-bond acceptors (Lipinski definition) is 2. The highest BCUT2D eigenvalue weighted by atomic mass is 32.1. The number of nitrogens with one attached hydrogen (secondary N) is 3. The SMILES string of the molecule is Cc1ccc(NC(=S)NC(C)c2cccc(NC(=O)c3ccccc3)c2)cc1F. The molecule has 3 N–H and O–H groups in total. The van der Waals surface area contributed by atoms with Crippen molar-refractivity contribution in [2.45, 2.75) is 19.9 Å². The van der Waals surface area contributed by atoms with Gasteiger partial charge in [0.25, 0.3) is 5.91 Å². The molecule has 6 heteroatoms. The van der Waals surface area contributed by atoms with Gasteiger partial charge in [-0.25, -0.2) is 4.39 Å². The first-order valence-corrected chi connectivity index (χ1v) is 9.63. The second-order valence-electron chi connectivity index (χ2n) is 6.73. The Morgan fingerprint density at radius 1 is 0.931 bits per heavy atom. The van der Waals surface area contributed by atoms with E-state index in [1.807, 2.05) is 49.4 Å². The third-order valence-electron chi connectivity index (χ3n) is 4.46. The molecule has 0 saturated heterocycles. The molecule has 29 heavy (non-hydrogen) atoms. The van der Waals surface area contributed by atoms with E-state index in [0.29, 0.717) is 27.6 Å². The van der Waals surface area contributed by atoms with Crippen molar-refractivity contribution in [3.63, 3.8) is 0 Å². The van der Waals surface area contributed by atoms with Crippen molar-refractivity contribution in [3.8, 4) is 0 Å². The molecule has 0 saturated carbocycles. The van der Waals surface area contributed by atoms with Gasteiger partial charge in [0.15, 0.2) is 5.11 Å². The molecule has 0 heterocycles. The van der Waals surface area contributed by atoms with E-state index in [4.69, 9.17) is 12.2 Å². The summed E-state index contributed by atoms with van der Waals surface area (Å²) in [5.74, 6) is -0.449. The Morgan fingerprint density at radius 2 is 1.66 bits per heavy atom. The number of carbonyl (C=O) groups is 1. The van der Waals surface area contributed by atoms with Crippen LogP contribution in [0.1, 0.15) is 34.5 Å². The average molecular weight is 408 g/mol. The first-order chi connectivity index (χ1) is 13.9. The summed E-state index contributed by atoms with van der Waals surface area (Å²) >= 11 is 5.34. The molecule has 0 spiro atoms. The van der Waals surface area contributed by atoms with Gasteiger partial charge >= 0.3 is 0 Å². The van der Waals surface area contributed by atoms with Crippen LogP contribution < -0.4 is 16.0 Å². The standard InChI is InChI=1S/C23H22FN3OS/c1-15-11-12-20(14-21(15)24)27-23(29)25-16(2)18-9-6-10-19(13-18)26-22(28)17-7-4-3-5-8-17/h3-14,16H,1-2H3,(H,26,28)(H2,25,27,29). The minimum absolute atomic E-state index is 0.112. The van der Waals surface area contributed by atoms with Crippen LogP contribution in [-0.4, -0.2) is 11.0 Å². The van der Waals surface area contributed by atoms with Crippen molar-refractivity contribution in [1.82, 2.24) is 5.32 Å². The number of anilines is 2. The number of halogens is 1. The molecule has 1 atom stereocenters. The lowest BCUT2D eigenvalue weighted by Gasteiger charge is -2.18. The van der Waals surface area contributed by atoms with E-state index in [-0.39, 0.29) is 17.8 Å². The molecule has 3 aromatic rings. The molecular weight excluding hydrogens is 385 g/mol. The quantitative estimate of drug-likeness (QED) is 0.494. The van der Waals surface area contributed by atoms with Crippen LogP contribution in [0.2, 0.25) is 0 Å². The number of carbonyl (C=O) groups excluding carboxylic acids is 1. The number of amides is 1. The van der Waals surface area contributed by atoms with E-state index in [1.165, 1.54) is 6.07 Å². The zero-order chi connectivity index (χ0) is 20.8. The van der Waals surface area contributed by atoms with Crippen molar-refractivity contribution in [2.75, 3.05) is 10.6 Å². The third-order valence-corrected chi connectivity index (χ3v) is 4.68. The predicted molar refractivity (Wildman–Crippen MR) is 120 cm³/mol. The molecule has 0 aromatic heterocycles. The normalized spacial score (nSPS) is 11.4. The van der Waals surface area contributed by atoms with Gasteiger partial charge in [0.1, 0.15) is 5.82 Å². The highest BCUT2D eigenvalue weighted by Crippen LogP contribution is 2.19. The molecule has 0 bridgehead atoms. The van der Waals surface area contributed by atoms with Gasteiger partial charge in [-0.2, -0.15) is 0 Å². The molecule has 4 nitrogen and oxygen atoms in total. The zero-order valence-corrected chi connectivity index (χ0v) is 17.0. The molecule has 3 rings (SSSR count). The van der Waals surface area contributed by atoms with Crippen molar-refractivity contribution >= 4 is 34.6 Å². The molecule has 0 aliphatic rings. The summed E-state index contributed by atoms with van der Waals surface area (Å²) in [6, 6.07) is 21.4. The number of aryl methyl sites for hydroxylation is 1. The van der Waals surface area contributed by atoms with Gasteiger partial charge in [0, 0.05) is 16.9 Å². The summed E-state index contributed by atoms with van der Waals surface area (Å²) in [6.45, 7) is 3.67. The van der Waals surface area contributed by atoms with Crippen molar-refractivity contribution < 1.29 is 9.18 Å². The molecule has 0 fully saturated rings. The van der Waals surface area contributed by atoms with Crippen molar-refractivity contribution in [2.24, 2.45) is 0 Å². The monoisotopic (exact) mass is 407 g/mol. The Kier molecular flexibility index (Phi) is 6.57. The van der Waals surface area contributed by atoms with Crippen LogP contribution >= 0.6 is 12.2 Å². The van der Waals surface area contributed by atoms with Gasteiger partial charge in [-0.3, -0.25) is 4.79 Å². The lowest BCUT2D eigenvalue weighted by Crippen LogP contribution is -2.31. The third kappa shape index (κ3) is 5.62. The molecule has 148 valence electrons. The van der Waals surface area contributed by atoms with Gasteiger partial charge in [-0.15, -0.1) is 0 Å². The Bertz CT molecular complexity index is 1020. The van der Waals surface area contributed by atoms with Crippen LogP contribution in [-0.2, 0) is 0 Å². The van der Waals surface area contributed by atoms with Crippen LogP contribution in [0.25, 0.3) is 0 Å². The maximum atomic E-state index is 13.7. The number of rotatable bonds is 5. The largest absolute Gasteiger partial charge is 0.356 e. The second-order valence-corrected chi connectivity index (χ2v) is 7.14. The van der Waals surface area contributed by atoms with Crippen molar-refractivity contribution in [3.05, 3.63) is 95.3 Å². The average Bonchev–Trinajstić information content (AvgIpc) is 2.71. The summed E-state index contributed by atoms with van der Waals surface area (Å²) in [7, 11) is 0. The fourth-order valence-electron chi connectivity index (χ4n) is 2.80. The maximum Gasteiger partial charge on any atom is 0.255 e. The second kappa shape index (κ2) is 9.30. The first-order valence-electron chi connectivity index (χ1n) is 9.22. The first kappa shape index (κ1) is 20.5. The fourth-order valence-corrected chi connectivity index (χ4v) is 3.09. The van der Waals surface area contributed by atoms with E-state index >= 15 is 0 Å². The summed E-state index contributed by atoms with van der Waals surface area (Å²) in [4.78, 5) is 12.3. The van der Waals surface area contributed by atoms with Crippen molar-refractivity contribution in [1.29, 1.82) is 0 Å².